The third-order valence-corrected chi connectivity index (χ3v) is 2.88. The highest BCUT2D eigenvalue weighted by molar-refractivity contribution is 6.47. The van der Waals surface area contributed by atoms with Crippen molar-refractivity contribution in [3.05, 3.63) is 85.2 Å². The molecule has 2 rings (SSSR count). The van der Waals surface area contributed by atoms with Crippen LogP contribution in [0.3, 0.4) is 0 Å². The Hall–Kier alpha value is -1.86. The predicted octanol–water partition coefficient (Wildman–Crippen LogP) is 3.80. The Kier molecular flexibility index (Phi) is 6.45. The molecule has 0 bridgehead atoms. The molecule has 0 radical (unpaired) electrons. The second-order valence-corrected chi connectivity index (χ2v) is 5.17. The Labute approximate surface area is 106 Å². The summed E-state index contributed by atoms with van der Waals surface area (Å²) < 4.78 is 0. The first-order chi connectivity index (χ1) is 8.38. The van der Waals surface area contributed by atoms with Gasteiger partial charge in [0.05, 0.1) is 9.52 Å². The summed E-state index contributed by atoms with van der Waals surface area (Å²) in [6, 6.07) is 20.8. The van der Waals surface area contributed by atoms with Crippen molar-refractivity contribution < 1.29 is 0 Å². The molecule has 86 valence electrons. The van der Waals surface area contributed by atoms with E-state index in [1.807, 2.05) is 23.5 Å². The molecule has 0 heterocycles. The maximum Gasteiger partial charge on any atom is 0.0676 e. The second kappa shape index (κ2) is 8.31. The smallest absolute Gasteiger partial charge is 0.0676 e. The van der Waals surface area contributed by atoms with Crippen molar-refractivity contribution in [2.75, 3.05) is 0 Å². The molecule has 2 aromatic carbocycles. The average Bonchev–Trinajstić information content (AvgIpc) is 2.42. The summed E-state index contributed by atoms with van der Waals surface area (Å²) in [5, 5.41) is 0. The van der Waals surface area contributed by atoms with E-state index in [1.165, 1.54) is 11.1 Å². The van der Waals surface area contributed by atoms with Gasteiger partial charge in [0.1, 0.15) is 0 Å². The molecule has 0 spiro atoms. The average molecular weight is 238 g/mol. The second-order valence-electron chi connectivity index (χ2n) is 3.55. The van der Waals surface area contributed by atoms with Gasteiger partial charge in [-0.05, 0) is 11.1 Å². The molecule has 0 N–H and O–H groups in total. The van der Waals surface area contributed by atoms with E-state index >= 15 is 0 Å². The maximum absolute atomic E-state index is 3.54. The Morgan fingerprint density at radius 3 is 1.24 bits per heavy atom. The van der Waals surface area contributed by atoms with Crippen LogP contribution in [-0.2, 0) is 0 Å². The van der Waals surface area contributed by atoms with Crippen molar-refractivity contribution in [2.45, 2.75) is 0 Å². The Balaban J connectivity index is 0.000000249. The lowest BCUT2D eigenvalue weighted by Gasteiger charge is -1.98. The van der Waals surface area contributed by atoms with E-state index in [4.69, 9.17) is 0 Å². The molecule has 1 heteroatoms. The lowest BCUT2D eigenvalue weighted by Crippen LogP contribution is -1.73. The van der Waals surface area contributed by atoms with Crippen molar-refractivity contribution in [3.63, 3.8) is 0 Å². The van der Waals surface area contributed by atoms with Crippen LogP contribution in [0.2, 0.25) is 0 Å². The van der Waals surface area contributed by atoms with Crippen molar-refractivity contribution in [3.8, 4) is 11.1 Å². The lowest BCUT2D eigenvalue weighted by atomic mass is 10.1. The van der Waals surface area contributed by atoms with Crippen molar-refractivity contribution >= 4 is 9.52 Å². The summed E-state index contributed by atoms with van der Waals surface area (Å²) in [4.78, 5) is 0. The Bertz CT molecular complexity index is 388. The fourth-order valence-corrected chi connectivity index (χ4v) is 1.61. The third kappa shape index (κ3) is 5.14. The molecule has 0 nitrogen and oxygen atoms in total. The zero-order valence-electron chi connectivity index (χ0n) is 10.0. The molecule has 0 saturated heterocycles. The fourth-order valence-electron chi connectivity index (χ4n) is 1.38. The van der Waals surface area contributed by atoms with E-state index in [2.05, 4.69) is 61.7 Å². The molecule has 0 unspecified atom stereocenters. The van der Waals surface area contributed by atoms with Crippen LogP contribution in [0.1, 0.15) is 0 Å². The first kappa shape index (κ1) is 13.2. The topological polar surface area (TPSA) is 0 Å². The standard InChI is InChI=1S/C12H10.C4H8Si/c1-3-7-11(8-4-1)12-9-5-2-6-10-12;1-3-5-4-2/h1-10H;3-4H,1-2,5H2. The van der Waals surface area contributed by atoms with Gasteiger partial charge in [-0.1, -0.05) is 60.7 Å². The molecule has 0 aromatic heterocycles. The molecule has 0 atom stereocenters. The normalized spacial score (nSPS) is 8.71. The van der Waals surface area contributed by atoms with E-state index in [9.17, 15) is 0 Å². The van der Waals surface area contributed by atoms with Gasteiger partial charge >= 0.3 is 0 Å². The molecular formula is C16H18Si. The third-order valence-electron chi connectivity index (χ3n) is 2.21. The molecule has 0 fully saturated rings. The number of benzene rings is 2. The van der Waals surface area contributed by atoms with E-state index in [-0.39, 0.29) is 9.52 Å². The molecular weight excluding hydrogens is 220 g/mol. The van der Waals surface area contributed by atoms with Gasteiger partial charge < -0.3 is 0 Å². The minimum Gasteiger partial charge on any atom is -0.107 e. The van der Waals surface area contributed by atoms with E-state index < -0.39 is 0 Å². The van der Waals surface area contributed by atoms with Gasteiger partial charge in [-0.15, -0.1) is 24.6 Å². The minimum absolute atomic E-state index is 0.0401. The molecule has 0 amide bonds. The summed E-state index contributed by atoms with van der Waals surface area (Å²) in [5.74, 6) is 0. The van der Waals surface area contributed by atoms with Gasteiger partial charge in [0.2, 0.25) is 0 Å². The molecule has 0 aliphatic heterocycles. The number of hydrogen-bond donors (Lipinski definition) is 0. The minimum atomic E-state index is -0.0401. The van der Waals surface area contributed by atoms with Crippen molar-refractivity contribution in [2.24, 2.45) is 0 Å². The SMILES string of the molecule is C=C[SiH2]C=C.c1ccc(-c2ccccc2)cc1. The first-order valence-electron chi connectivity index (χ1n) is 5.70. The molecule has 0 aliphatic carbocycles. The van der Waals surface area contributed by atoms with Gasteiger partial charge in [0.25, 0.3) is 0 Å². The monoisotopic (exact) mass is 238 g/mol. The Morgan fingerprint density at radius 1 is 0.647 bits per heavy atom. The van der Waals surface area contributed by atoms with Crippen LogP contribution in [0.15, 0.2) is 85.2 Å². The van der Waals surface area contributed by atoms with E-state index in [1.54, 1.807) is 0 Å². The Morgan fingerprint density at radius 2 is 1.00 bits per heavy atom. The summed E-state index contributed by atoms with van der Waals surface area (Å²) in [5.41, 5.74) is 6.45. The molecule has 0 aliphatic rings. The lowest BCUT2D eigenvalue weighted by molar-refractivity contribution is 1.62. The highest BCUT2D eigenvalue weighted by atomic mass is 28.2. The van der Waals surface area contributed by atoms with Crippen LogP contribution < -0.4 is 0 Å². The van der Waals surface area contributed by atoms with Crippen LogP contribution in [0.4, 0.5) is 0 Å². The summed E-state index contributed by atoms with van der Waals surface area (Å²) in [6.07, 6.45) is 0. The first-order valence-corrected chi connectivity index (χ1v) is 7.34. The van der Waals surface area contributed by atoms with Crippen LogP contribution in [0.25, 0.3) is 11.1 Å². The molecule has 0 saturated carbocycles. The zero-order valence-corrected chi connectivity index (χ0v) is 11.5. The quantitative estimate of drug-likeness (QED) is 0.714. The largest absolute Gasteiger partial charge is 0.107 e. The summed E-state index contributed by atoms with van der Waals surface area (Å²) >= 11 is 0. The maximum atomic E-state index is 3.54. The van der Waals surface area contributed by atoms with Crippen molar-refractivity contribution in [1.82, 2.24) is 0 Å². The number of hydrogen-bond acceptors (Lipinski definition) is 0. The number of rotatable bonds is 3. The predicted molar refractivity (Wildman–Crippen MR) is 80.8 cm³/mol. The van der Waals surface area contributed by atoms with Crippen LogP contribution in [0, 0.1) is 0 Å². The molecule has 2 aromatic rings. The van der Waals surface area contributed by atoms with E-state index in [0.717, 1.165) is 0 Å². The van der Waals surface area contributed by atoms with Gasteiger partial charge in [-0.25, -0.2) is 0 Å². The zero-order chi connectivity index (χ0) is 12.3. The van der Waals surface area contributed by atoms with Gasteiger partial charge in [-0.3, -0.25) is 0 Å². The van der Waals surface area contributed by atoms with Crippen LogP contribution in [-0.4, -0.2) is 9.52 Å². The van der Waals surface area contributed by atoms with Crippen molar-refractivity contribution in [1.29, 1.82) is 0 Å². The van der Waals surface area contributed by atoms with Gasteiger partial charge in [0, 0.05) is 0 Å². The van der Waals surface area contributed by atoms with Crippen LogP contribution in [0.5, 0.6) is 0 Å². The highest BCUT2D eigenvalue weighted by Crippen LogP contribution is 2.17. The fraction of sp³-hybridized carbons (Fsp3) is 0. The van der Waals surface area contributed by atoms with Gasteiger partial charge in [-0.2, -0.15) is 0 Å². The van der Waals surface area contributed by atoms with Gasteiger partial charge in [0.15, 0.2) is 0 Å². The summed E-state index contributed by atoms with van der Waals surface area (Å²) in [6.45, 7) is 7.08. The molecule has 17 heavy (non-hydrogen) atoms. The summed E-state index contributed by atoms with van der Waals surface area (Å²) in [7, 11) is -0.0401. The van der Waals surface area contributed by atoms with Crippen LogP contribution >= 0.6 is 0 Å². The van der Waals surface area contributed by atoms with E-state index in [0.29, 0.717) is 0 Å². The highest BCUT2D eigenvalue weighted by Gasteiger charge is 1.91.